The van der Waals surface area contributed by atoms with Crippen molar-refractivity contribution in [1.82, 2.24) is 24.4 Å². The summed E-state index contributed by atoms with van der Waals surface area (Å²) in [4.78, 5) is 56.2. The van der Waals surface area contributed by atoms with Crippen LogP contribution in [-0.2, 0) is 34.0 Å². The Morgan fingerprint density at radius 2 is 1.82 bits per heavy atom. The van der Waals surface area contributed by atoms with Gasteiger partial charge in [-0.1, -0.05) is 50.6 Å². The van der Waals surface area contributed by atoms with Crippen LogP contribution in [-0.4, -0.2) is 31.0 Å². The fourth-order valence-electron chi connectivity index (χ4n) is 3.87. The van der Waals surface area contributed by atoms with E-state index in [1.807, 2.05) is 44.2 Å². The Hall–Kier alpha value is -3.69. The van der Waals surface area contributed by atoms with Crippen LogP contribution in [0.1, 0.15) is 63.9 Å². The summed E-state index contributed by atoms with van der Waals surface area (Å²) in [5, 5.41) is 2.78. The van der Waals surface area contributed by atoms with Crippen molar-refractivity contribution in [3.05, 3.63) is 62.6 Å². The molecule has 34 heavy (non-hydrogen) atoms. The summed E-state index contributed by atoms with van der Waals surface area (Å²) in [6.07, 6.45) is 2.30. The second kappa shape index (κ2) is 11.4. The first-order valence-corrected chi connectivity index (χ1v) is 11.6. The van der Waals surface area contributed by atoms with Crippen LogP contribution in [0.15, 0.2) is 39.9 Å². The van der Waals surface area contributed by atoms with Gasteiger partial charge >= 0.3 is 11.7 Å². The number of hydrogen-bond acceptors (Lipinski definition) is 6. The van der Waals surface area contributed by atoms with E-state index in [0.29, 0.717) is 30.1 Å². The summed E-state index contributed by atoms with van der Waals surface area (Å²) < 4.78 is 8.65. The number of nitrogens with one attached hydrogen (secondary N) is 2. The van der Waals surface area contributed by atoms with Crippen molar-refractivity contribution in [2.24, 2.45) is 0 Å². The first-order chi connectivity index (χ1) is 16.3. The minimum atomic E-state index is -0.525. The van der Waals surface area contributed by atoms with E-state index >= 15 is 0 Å². The van der Waals surface area contributed by atoms with Crippen LogP contribution in [0.4, 0.5) is 0 Å². The van der Waals surface area contributed by atoms with Gasteiger partial charge in [0.15, 0.2) is 11.2 Å². The Morgan fingerprint density at radius 3 is 2.47 bits per heavy atom. The summed E-state index contributed by atoms with van der Waals surface area (Å²) in [6, 6.07) is 8.65. The van der Waals surface area contributed by atoms with E-state index in [2.05, 4.69) is 15.3 Å². The SMILES string of the molecule is CCCCn1c(=O)[nH]c(=O)c2c1nc(COC(=O)CC(NC(C)=O)c1ccccc1)n2CCC. The first kappa shape index (κ1) is 24.9. The number of benzene rings is 1. The molecular weight excluding hydrogens is 438 g/mol. The van der Waals surface area contributed by atoms with Crippen LogP contribution in [0.5, 0.6) is 0 Å². The molecule has 0 fully saturated rings. The van der Waals surface area contributed by atoms with E-state index in [1.54, 1.807) is 4.57 Å². The zero-order valence-corrected chi connectivity index (χ0v) is 19.8. The van der Waals surface area contributed by atoms with Gasteiger partial charge in [0.25, 0.3) is 5.56 Å². The fourth-order valence-corrected chi connectivity index (χ4v) is 3.87. The topological polar surface area (TPSA) is 128 Å². The number of carbonyl (C=O) groups excluding carboxylic acids is 2. The van der Waals surface area contributed by atoms with Gasteiger partial charge in [-0.15, -0.1) is 0 Å². The molecular formula is C24H31N5O5. The van der Waals surface area contributed by atoms with E-state index in [0.717, 1.165) is 24.8 Å². The van der Waals surface area contributed by atoms with Crippen molar-refractivity contribution in [3.63, 3.8) is 0 Å². The maximum atomic E-state index is 12.7. The number of carbonyl (C=O) groups is 2. The number of aromatic nitrogens is 4. The van der Waals surface area contributed by atoms with Gasteiger partial charge in [-0.2, -0.15) is 0 Å². The van der Waals surface area contributed by atoms with Gasteiger partial charge in [0.2, 0.25) is 5.91 Å². The van der Waals surface area contributed by atoms with Gasteiger partial charge in [-0.25, -0.2) is 9.78 Å². The number of ether oxygens (including phenoxy) is 1. The highest BCUT2D eigenvalue weighted by Gasteiger charge is 2.21. The quantitative estimate of drug-likeness (QED) is 0.415. The van der Waals surface area contributed by atoms with E-state index in [-0.39, 0.29) is 18.9 Å². The predicted octanol–water partition coefficient (Wildman–Crippen LogP) is 2.41. The van der Waals surface area contributed by atoms with Gasteiger partial charge in [0.05, 0.1) is 12.5 Å². The lowest BCUT2D eigenvalue weighted by Gasteiger charge is -2.17. The van der Waals surface area contributed by atoms with Crippen molar-refractivity contribution in [1.29, 1.82) is 0 Å². The van der Waals surface area contributed by atoms with Crippen LogP contribution in [0.3, 0.4) is 0 Å². The van der Waals surface area contributed by atoms with Crippen molar-refractivity contribution < 1.29 is 14.3 Å². The number of amides is 1. The molecule has 1 amide bonds. The number of esters is 1. The second-order valence-corrected chi connectivity index (χ2v) is 8.14. The highest BCUT2D eigenvalue weighted by atomic mass is 16.5. The fraction of sp³-hybridized carbons (Fsp3) is 0.458. The first-order valence-electron chi connectivity index (χ1n) is 11.6. The van der Waals surface area contributed by atoms with Gasteiger partial charge in [-0.05, 0) is 18.4 Å². The minimum absolute atomic E-state index is 0.0562. The highest BCUT2D eigenvalue weighted by Crippen LogP contribution is 2.19. The molecule has 0 spiro atoms. The molecule has 0 bridgehead atoms. The lowest BCUT2D eigenvalue weighted by molar-refractivity contribution is -0.146. The summed E-state index contributed by atoms with van der Waals surface area (Å²) in [5.74, 6) is -0.381. The molecule has 1 atom stereocenters. The third kappa shape index (κ3) is 5.81. The zero-order valence-electron chi connectivity index (χ0n) is 19.8. The Labute approximate surface area is 197 Å². The molecule has 2 N–H and O–H groups in total. The summed E-state index contributed by atoms with van der Waals surface area (Å²) in [6.45, 7) is 6.12. The average Bonchev–Trinajstić information content (AvgIpc) is 3.16. The minimum Gasteiger partial charge on any atom is -0.457 e. The van der Waals surface area contributed by atoms with E-state index in [9.17, 15) is 19.2 Å². The normalized spacial score (nSPS) is 12.0. The zero-order chi connectivity index (χ0) is 24.7. The number of H-pyrrole nitrogens is 1. The van der Waals surface area contributed by atoms with Crippen LogP contribution >= 0.6 is 0 Å². The Morgan fingerprint density at radius 1 is 1.09 bits per heavy atom. The maximum absolute atomic E-state index is 12.7. The molecule has 0 saturated carbocycles. The number of aromatic amines is 1. The van der Waals surface area contributed by atoms with Crippen LogP contribution in [0, 0.1) is 0 Å². The van der Waals surface area contributed by atoms with Gasteiger partial charge in [0.1, 0.15) is 12.4 Å². The third-order valence-electron chi connectivity index (χ3n) is 5.46. The van der Waals surface area contributed by atoms with E-state index in [1.165, 1.54) is 11.5 Å². The molecule has 10 nitrogen and oxygen atoms in total. The molecule has 0 aliphatic carbocycles. The van der Waals surface area contributed by atoms with E-state index in [4.69, 9.17) is 4.74 Å². The molecule has 1 aromatic carbocycles. The number of rotatable bonds is 11. The molecule has 0 aliphatic rings. The van der Waals surface area contributed by atoms with Crippen molar-refractivity contribution in [2.75, 3.05) is 0 Å². The molecule has 0 radical (unpaired) electrons. The lowest BCUT2D eigenvalue weighted by Crippen LogP contribution is -2.31. The molecule has 1 unspecified atom stereocenters. The molecule has 3 rings (SSSR count). The molecule has 182 valence electrons. The predicted molar refractivity (Wildman–Crippen MR) is 127 cm³/mol. The summed E-state index contributed by atoms with van der Waals surface area (Å²) in [5.41, 5.74) is 0.364. The number of unbranched alkanes of at least 4 members (excludes halogenated alkanes) is 1. The number of hydrogen-bond donors (Lipinski definition) is 2. The van der Waals surface area contributed by atoms with E-state index < -0.39 is 23.3 Å². The van der Waals surface area contributed by atoms with Gasteiger partial charge in [-0.3, -0.25) is 23.9 Å². The van der Waals surface area contributed by atoms with Gasteiger partial charge in [0, 0.05) is 20.0 Å². The molecule has 0 saturated heterocycles. The maximum Gasteiger partial charge on any atom is 0.330 e. The molecule has 3 aromatic rings. The standard InChI is InChI=1S/C24H31N5O5/c1-4-6-13-29-22-21(23(32)27-24(29)33)28(12-5-2)19(26-22)15-34-20(31)14-18(25-16(3)30)17-10-8-7-9-11-17/h7-11,18H,4-6,12-15H2,1-3H3,(H,25,30)(H,27,32,33). The van der Waals surface area contributed by atoms with Crippen molar-refractivity contribution in [2.45, 2.75) is 72.2 Å². The number of fused-ring (bicyclic) bond motifs is 1. The molecule has 2 heterocycles. The highest BCUT2D eigenvalue weighted by molar-refractivity contribution is 5.76. The van der Waals surface area contributed by atoms with Crippen molar-refractivity contribution >= 4 is 23.0 Å². The molecule has 10 heteroatoms. The number of aryl methyl sites for hydroxylation is 2. The lowest BCUT2D eigenvalue weighted by atomic mass is 10.0. The largest absolute Gasteiger partial charge is 0.457 e. The Bertz CT molecular complexity index is 1260. The second-order valence-electron chi connectivity index (χ2n) is 8.14. The molecule has 0 aliphatic heterocycles. The van der Waals surface area contributed by atoms with Crippen LogP contribution < -0.4 is 16.6 Å². The Kier molecular flexibility index (Phi) is 8.39. The number of imidazole rings is 1. The monoisotopic (exact) mass is 469 g/mol. The van der Waals surface area contributed by atoms with Crippen LogP contribution in [0.25, 0.3) is 11.2 Å². The van der Waals surface area contributed by atoms with Crippen molar-refractivity contribution in [3.8, 4) is 0 Å². The van der Waals surface area contributed by atoms with Crippen LogP contribution in [0.2, 0.25) is 0 Å². The average molecular weight is 470 g/mol. The third-order valence-corrected chi connectivity index (χ3v) is 5.46. The summed E-state index contributed by atoms with van der Waals surface area (Å²) >= 11 is 0. The molecule has 2 aromatic heterocycles. The Balaban J connectivity index is 1.86. The van der Waals surface area contributed by atoms with Gasteiger partial charge < -0.3 is 14.6 Å². The smallest absolute Gasteiger partial charge is 0.330 e. The number of nitrogens with zero attached hydrogens (tertiary/aromatic N) is 3. The summed E-state index contributed by atoms with van der Waals surface area (Å²) in [7, 11) is 0.